The lowest BCUT2D eigenvalue weighted by Crippen LogP contribution is -2.37. The smallest absolute Gasteiger partial charge is 0.341 e. The second-order valence-electron chi connectivity index (χ2n) is 8.61. The number of hydrogen-bond acceptors (Lipinski definition) is 4. The van der Waals surface area contributed by atoms with E-state index in [9.17, 15) is 14.7 Å². The molecule has 0 saturated heterocycles. The van der Waals surface area contributed by atoms with Crippen molar-refractivity contribution >= 4 is 16.9 Å². The van der Waals surface area contributed by atoms with Crippen LogP contribution in [0.15, 0.2) is 29.3 Å². The quantitative estimate of drug-likeness (QED) is 0.693. The van der Waals surface area contributed by atoms with Crippen LogP contribution in [0.4, 0.5) is 4.39 Å². The molecule has 0 radical (unpaired) electrons. The average Bonchev–Trinajstić information content (AvgIpc) is 3.49. The lowest BCUT2D eigenvalue weighted by atomic mass is 10.0. The largest absolute Gasteiger partial charge is 0.494 e. The molecular formula is C23H24FN3O4. The van der Waals surface area contributed by atoms with Crippen LogP contribution in [0.25, 0.3) is 22.0 Å². The van der Waals surface area contributed by atoms with Gasteiger partial charge < -0.3 is 19.0 Å². The van der Waals surface area contributed by atoms with Gasteiger partial charge in [0.2, 0.25) is 5.43 Å². The number of carbonyl (C=O) groups is 1. The summed E-state index contributed by atoms with van der Waals surface area (Å²) in [6, 6.07) is 3.56. The summed E-state index contributed by atoms with van der Waals surface area (Å²) in [6.07, 6.45) is 5.04. The van der Waals surface area contributed by atoms with Gasteiger partial charge in [0, 0.05) is 48.8 Å². The van der Waals surface area contributed by atoms with Crippen molar-refractivity contribution in [1.82, 2.24) is 14.0 Å². The van der Waals surface area contributed by atoms with Crippen LogP contribution in [0.5, 0.6) is 5.75 Å². The van der Waals surface area contributed by atoms with Crippen molar-refractivity contribution < 1.29 is 19.0 Å². The van der Waals surface area contributed by atoms with Crippen molar-refractivity contribution in [2.45, 2.75) is 44.9 Å². The number of pyridine rings is 1. The number of likely N-dealkylation sites (N-methyl/N-ethyl adjacent to an activating group) is 1. The van der Waals surface area contributed by atoms with Gasteiger partial charge in [0.1, 0.15) is 11.4 Å². The maximum atomic E-state index is 15.4. The topological polar surface area (TPSA) is 76.7 Å². The Morgan fingerprint density at radius 3 is 2.65 bits per heavy atom. The monoisotopic (exact) mass is 425 g/mol. The van der Waals surface area contributed by atoms with Crippen LogP contribution in [0.2, 0.25) is 0 Å². The summed E-state index contributed by atoms with van der Waals surface area (Å²) in [5, 5.41) is 9.50. The standard InChI is InChI=1S/C23H24FN3O4/c1-12-8-26-9-13(6-15(26)10-25(12)2)19-18(24)7-16-20(22(19)31-3)27(14-4-5-14)11-17(21(16)28)23(29)30/h6-7,9,11-12,14H,4-5,8,10H2,1-3H3,(H,29,30). The highest BCUT2D eigenvalue weighted by Gasteiger charge is 2.31. The van der Waals surface area contributed by atoms with Gasteiger partial charge >= 0.3 is 5.97 Å². The Labute approximate surface area is 178 Å². The molecule has 1 aliphatic heterocycles. The fourth-order valence-corrected chi connectivity index (χ4v) is 4.54. The maximum absolute atomic E-state index is 15.4. The molecule has 3 aromatic rings. The number of ether oxygens (including phenoxy) is 1. The predicted molar refractivity (Wildman–Crippen MR) is 114 cm³/mol. The minimum Gasteiger partial charge on any atom is -0.494 e. The zero-order valence-electron chi connectivity index (χ0n) is 17.7. The summed E-state index contributed by atoms with van der Waals surface area (Å²) in [4.78, 5) is 26.7. The van der Waals surface area contributed by atoms with Crippen molar-refractivity contribution in [2.75, 3.05) is 14.2 Å². The molecule has 162 valence electrons. The van der Waals surface area contributed by atoms with Gasteiger partial charge in [-0.3, -0.25) is 9.69 Å². The minimum absolute atomic E-state index is 0.0298. The summed E-state index contributed by atoms with van der Waals surface area (Å²) >= 11 is 0. The molecule has 7 nitrogen and oxygen atoms in total. The number of benzene rings is 1. The number of carboxylic acids is 1. The van der Waals surface area contributed by atoms with E-state index in [0.29, 0.717) is 22.7 Å². The molecule has 0 bridgehead atoms. The molecule has 1 N–H and O–H groups in total. The molecule has 5 rings (SSSR count). The van der Waals surface area contributed by atoms with Crippen LogP contribution in [0.3, 0.4) is 0 Å². The molecule has 0 spiro atoms. The van der Waals surface area contributed by atoms with E-state index in [1.54, 1.807) is 4.57 Å². The molecule has 1 unspecified atom stereocenters. The molecule has 1 aromatic carbocycles. The Morgan fingerprint density at radius 1 is 1.26 bits per heavy atom. The molecule has 1 atom stereocenters. The van der Waals surface area contributed by atoms with E-state index >= 15 is 4.39 Å². The molecule has 1 fully saturated rings. The number of aromatic nitrogens is 2. The van der Waals surface area contributed by atoms with Gasteiger partial charge in [-0.25, -0.2) is 9.18 Å². The number of fused-ring (bicyclic) bond motifs is 2. The SMILES string of the molecule is COc1c(-c2cc3n(c2)CC(C)N(C)C3)c(F)cc2c(=O)c(C(=O)O)cn(C3CC3)c12. The number of rotatable bonds is 4. The fourth-order valence-electron chi connectivity index (χ4n) is 4.54. The van der Waals surface area contributed by atoms with Crippen LogP contribution < -0.4 is 10.2 Å². The van der Waals surface area contributed by atoms with Crippen LogP contribution in [0, 0.1) is 5.82 Å². The van der Waals surface area contributed by atoms with E-state index in [1.807, 2.05) is 12.3 Å². The van der Waals surface area contributed by atoms with E-state index in [4.69, 9.17) is 4.74 Å². The van der Waals surface area contributed by atoms with Gasteiger partial charge in [0.25, 0.3) is 0 Å². The van der Waals surface area contributed by atoms with Crippen molar-refractivity contribution in [2.24, 2.45) is 0 Å². The zero-order chi connectivity index (χ0) is 22.0. The van der Waals surface area contributed by atoms with E-state index in [-0.39, 0.29) is 22.7 Å². The molecular weight excluding hydrogens is 401 g/mol. The highest BCUT2D eigenvalue weighted by atomic mass is 19.1. The van der Waals surface area contributed by atoms with E-state index in [0.717, 1.165) is 37.7 Å². The number of hydrogen-bond donors (Lipinski definition) is 1. The Balaban J connectivity index is 1.80. The first-order valence-corrected chi connectivity index (χ1v) is 10.4. The lowest BCUT2D eigenvalue weighted by molar-refractivity contribution is 0.0695. The van der Waals surface area contributed by atoms with Crippen molar-refractivity contribution in [3.05, 3.63) is 51.8 Å². The highest BCUT2D eigenvalue weighted by molar-refractivity contribution is 5.98. The number of carboxylic acid groups (broad SMARTS) is 1. The Kier molecular flexibility index (Phi) is 4.44. The van der Waals surface area contributed by atoms with Crippen LogP contribution in [0.1, 0.15) is 41.9 Å². The van der Waals surface area contributed by atoms with Crippen molar-refractivity contribution in [3.63, 3.8) is 0 Å². The van der Waals surface area contributed by atoms with Gasteiger partial charge in [0.05, 0.1) is 23.6 Å². The third-order valence-corrected chi connectivity index (χ3v) is 6.50. The maximum Gasteiger partial charge on any atom is 0.341 e. The van der Waals surface area contributed by atoms with Crippen LogP contribution >= 0.6 is 0 Å². The molecule has 8 heteroatoms. The number of nitrogens with zero attached hydrogens (tertiary/aromatic N) is 3. The highest BCUT2D eigenvalue weighted by Crippen LogP contribution is 2.44. The molecule has 3 heterocycles. The number of aromatic carboxylic acids is 1. The van der Waals surface area contributed by atoms with Gasteiger partial charge in [-0.05, 0) is 38.9 Å². The minimum atomic E-state index is -1.32. The third-order valence-electron chi connectivity index (χ3n) is 6.50. The second-order valence-corrected chi connectivity index (χ2v) is 8.61. The summed E-state index contributed by atoms with van der Waals surface area (Å²) in [7, 11) is 3.52. The Morgan fingerprint density at radius 2 is 2.00 bits per heavy atom. The van der Waals surface area contributed by atoms with E-state index < -0.39 is 17.2 Å². The van der Waals surface area contributed by atoms with Crippen molar-refractivity contribution in [3.8, 4) is 16.9 Å². The Hall–Kier alpha value is -3.13. The van der Waals surface area contributed by atoms with Gasteiger partial charge in [-0.15, -0.1) is 0 Å². The van der Waals surface area contributed by atoms with E-state index in [2.05, 4.69) is 23.4 Å². The fraction of sp³-hybridized carbons (Fsp3) is 0.391. The summed E-state index contributed by atoms with van der Waals surface area (Å²) in [5.41, 5.74) is 1.46. The first kappa shape index (κ1) is 19.8. The average molecular weight is 425 g/mol. The summed E-state index contributed by atoms with van der Waals surface area (Å²) < 4.78 is 25.0. The van der Waals surface area contributed by atoms with E-state index in [1.165, 1.54) is 13.3 Å². The van der Waals surface area contributed by atoms with Gasteiger partial charge in [-0.1, -0.05) is 0 Å². The molecule has 2 aromatic heterocycles. The first-order valence-electron chi connectivity index (χ1n) is 10.4. The number of halogens is 1. The van der Waals surface area contributed by atoms with Gasteiger partial charge in [-0.2, -0.15) is 0 Å². The number of methoxy groups -OCH3 is 1. The van der Waals surface area contributed by atoms with Gasteiger partial charge in [0.15, 0.2) is 5.75 Å². The molecule has 2 aliphatic rings. The summed E-state index contributed by atoms with van der Waals surface area (Å²) in [6.45, 7) is 3.71. The van der Waals surface area contributed by atoms with Crippen LogP contribution in [-0.2, 0) is 13.1 Å². The van der Waals surface area contributed by atoms with Crippen LogP contribution in [-0.4, -0.2) is 45.3 Å². The molecule has 1 saturated carbocycles. The summed E-state index contributed by atoms with van der Waals surface area (Å²) in [5.74, 6) is -1.65. The normalized spacial score (nSPS) is 18.9. The van der Waals surface area contributed by atoms with Crippen molar-refractivity contribution in [1.29, 1.82) is 0 Å². The molecule has 0 amide bonds. The Bertz CT molecular complexity index is 1260. The first-order chi connectivity index (χ1) is 14.8. The molecule has 1 aliphatic carbocycles. The predicted octanol–water partition coefficient (Wildman–Crippen LogP) is 3.48. The second kappa shape index (κ2) is 6.95. The lowest BCUT2D eigenvalue weighted by Gasteiger charge is -2.31. The third kappa shape index (κ3) is 3.05. The molecule has 31 heavy (non-hydrogen) atoms. The zero-order valence-corrected chi connectivity index (χ0v) is 17.7.